The summed E-state index contributed by atoms with van der Waals surface area (Å²) < 4.78 is 42.8. The lowest BCUT2D eigenvalue weighted by molar-refractivity contribution is -0.137. The number of rotatable bonds is 4. The van der Waals surface area contributed by atoms with Crippen LogP contribution < -0.4 is 5.43 Å². The normalized spacial score (nSPS) is 11.6. The van der Waals surface area contributed by atoms with Gasteiger partial charge in [0.25, 0.3) is 0 Å². The van der Waals surface area contributed by atoms with E-state index in [0.29, 0.717) is 11.4 Å². The molecular weight excluding hydrogens is 467 g/mol. The van der Waals surface area contributed by atoms with E-state index in [2.05, 4.69) is 15.2 Å². The van der Waals surface area contributed by atoms with E-state index in [1.165, 1.54) is 22.9 Å². The highest BCUT2D eigenvalue weighted by Crippen LogP contribution is 2.31. The van der Waals surface area contributed by atoms with Gasteiger partial charge in [-0.15, -0.1) is 0 Å². The van der Waals surface area contributed by atoms with E-state index < -0.39 is 11.7 Å². The van der Waals surface area contributed by atoms with E-state index in [-0.39, 0.29) is 16.8 Å². The summed E-state index contributed by atoms with van der Waals surface area (Å²) in [6.07, 6.45) is -1.22. The van der Waals surface area contributed by atoms with E-state index >= 15 is 0 Å². The Morgan fingerprint density at radius 1 is 0.861 bits per heavy atom. The number of nitrogens with zero attached hydrogens (tertiary/aromatic N) is 5. The molecule has 3 heterocycles. The summed E-state index contributed by atoms with van der Waals surface area (Å²) in [7, 11) is 0. The third kappa shape index (κ3) is 4.43. The molecule has 5 aromatic rings. The Kier molecular flexibility index (Phi) is 5.75. The second-order valence-corrected chi connectivity index (χ2v) is 8.32. The molecule has 9 heteroatoms. The minimum atomic E-state index is -4.50. The number of aryl methyl sites for hydroxylation is 2. The van der Waals surface area contributed by atoms with Crippen molar-refractivity contribution in [3.05, 3.63) is 112 Å². The standard InChI is InChI=1S/C27H20F3N5O/c1-17-14-19(22-8-3-4-12-31-22)9-10-23(17)34-13-11-25(36)26(33-34)24-15-18(2)32-35(24)21-7-5-6-20(16-21)27(28,29)30/h3-16H,1-2H3. The van der Waals surface area contributed by atoms with Crippen LogP contribution in [0.15, 0.2) is 90.0 Å². The fourth-order valence-corrected chi connectivity index (χ4v) is 4.00. The van der Waals surface area contributed by atoms with Crippen LogP contribution in [0.3, 0.4) is 0 Å². The van der Waals surface area contributed by atoms with Crippen molar-refractivity contribution in [2.75, 3.05) is 0 Å². The molecule has 0 bridgehead atoms. The average molecular weight is 487 g/mol. The lowest BCUT2D eigenvalue weighted by atomic mass is 10.1. The molecule has 6 nitrogen and oxygen atoms in total. The van der Waals surface area contributed by atoms with Gasteiger partial charge in [0.2, 0.25) is 5.43 Å². The first kappa shape index (κ1) is 23.2. The molecule has 0 radical (unpaired) electrons. The number of hydrogen-bond acceptors (Lipinski definition) is 4. The fraction of sp³-hybridized carbons (Fsp3) is 0.111. The predicted octanol–water partition coefficient (Wildman–Crippen LogP) is 5.78. The molecular formula is C27H20F3N5O. The first-order chi connectivity index (χ1) is 17.2. The minimum absolute atomic E-state index is 0.0729. The van der Waals surface area contributed by atoms with Crippen molar-refractivity contribution in [2.45, 2.75) is 20.0 Å². The van der Waals surface area contributed by atoms with Crippen molar-refractivity contribution in [1.29, 1.82) is 0 Å². The summed E-state index contributed by atoms with van der Waals surface area (Å²) in [6, 6.07) is 19.3. The average Bonchev–Trinajstić information content (AvgIpc) is 3.26. The van der Waals surface area contributed by atoms with E-state index in [0.717, 1.165) is 34.6 Å². The monoisotopic (exact) mass is 487 g/mol. The van der Waals surface area contributed by atoms with Crippen molar-refractivity contribution in [3.63, 3.8) is 0 Å². The Morgan fingerprint density at radius 3 is 2.42 bits per heavy atom. The van der Waals surface area contributed by atoms with E-state index in [9.17, 15) is 18.0 Å². The molecule has 0 amide bonds. The smallest absolute Gasteiger partial charge is 0.287 e. The number of benzene rings is 2. The SMILES string of the molecule is Cc1cc(-c2nn(-c3ccc(-c4ccccn4)cc3C)ccc2=O)n(-c2cccc(C(F)(F)F)c2)n1. The number of alkyl halides is 3. The van der Waals surface area contributed by atoms with Gasteiger partial charge in [0.05, 0.1) is 34.0 Å². The molecule has 0 saturated carbocycles. The molecule has 3 aromatic heterocycles. The number of hydrogen-bond donors (Lipinski definition) is 0. The van der Waals surface area contributed by atoms with Gasteiger partial charge in [-0.05, 0) is 67.9 Å². The van der Waals surface area contributed by atoms with Crippen molar-refractivity contribution < 1.29 is 13.2 Å². The summed E-state index contributed by atoms with van der Waals surface area (Å²) in [5.74, 6) is 0. The van der Waals surface area contributed by atoms with Crippen LogP contribution in [0.4, 0.5) is 13.2 Å². The highest BCUT2D eigenvalue weighted by Gasteiger charge is 2.31. The Hall–Kier alpha value is -4.53. The van der Waals surface area contributed by atoms with Gasteiger partial charge in [0, 0.05) is 24.0 Å². The molecule has 0 fully saturated rings. The second kappa shape index (κ2) is 8.92. The molecule has 0 N–H and O–H groups in total. The largest absolute Gasteiger partial charge is 0.416 e. The minimum Gasteiger partial charge on any atom is -0.287 e. The second-order valence-electron chi connectivity index (χ2n) is 8.32. The Balaban J connectivity index is 1.60. The molecule has 2 aromatic carbocycles. The summed E-state index contributed by atoms with van der Waals surface area (Å²) >= 11 is 0. The third-order valence-corrected chi connectivity index (χ3v) is 5.70. The highest BCUT2D eigenvalue weighted by atomic mass is 19.4. The van der Waals surface area contributed by atoms with Crippen LogP contribution in [0.5, 0.6) is 0 Å². The van der Waals surface area contributed by atoms with Crippen LogP contribution in [0.1, 0.15) is 16.8 Å². The molecule has 0 atom stereocenters. The van der Waals surface area contributed by atoms with Crippen molar-refractivity contribution in [2.24, 2.45) is 0 Å². The first-order valence-electron chi connectivity index (χ1n) is 11.1. The van der Waals surface area contributed by atoms with E-state index in [4.69, 9.17) is 0 Å². The van der Waals surface area contributed by atoms with Gasteiger partial charge in [0.1, 0.15) is 0 Å². The first-order valence-corrected chi connectivity index (χ1v) is 11.1. The molecule has 0 aliphatic carbocycles. The van der Waals surface area contributed by atoms with Crippen LogP contribution in [-0.4, -0.2) is 24.5 Å². The Labute approximate surface area is 204 Å². The maximum Gasteiger partial charge on any atom is 0.416 e. The van der Waals surface area contributed by atoms with Gasteiger partial charge in [0.15, 0.2) is 5.69 Å². The van der Waals surface area contributed by atoms with Gasteiger partial charge in [-0.25, -0.2) is 9.36 Å². The molecule has 0 unspecified atom stereocenters. The number of halogens is 3. The molecule has 0 aliphatic rings. The molecule has 0 aliphatic heterocycles. The number of aromatic nitrogens is 5. The van der Waals surface area contributed by atoms with Gasteiger partial charge in [-0.2, -0.15) is 23.4 Å². The predicted molar refractivity (Wildman–Crippen MR) is 130 cm³/mol. The van der Waals surface area contributed by atoms with Gasteiger partial charge >= 0.3 is 6.18 Å². The van der Waals surface area contributed by atoms with Gasteiger partial charge in [-0.3, -0.25) is 9.78 Å². The summed E-state index contributed by atoms with van der Waals surface area (Å²) in [5.41, 5.74) is 3.34. The summed E-state index contributed by atoms with van der Waals surface area (Å²) in [5, 5.41) is 8.89. The van der Waals surface area contributed by atoms with E-state index in [1.807, 2.05) is 43.3 Å². The van der Waals surface area contributed by atoms with Crippen LogP contribution >= 0.6 is 0 Å². The molecule has 0 spiro atoms. The van der Waals surface area contributed by atoms with E-state index in [1.54, 1.807) is 30.1 Å². The van der Waals surface area contributed by atoms with Gasteiger partial charge < -0.3 is 0 Å². The summed E-state index contributed by atoms with van der Waals surface area (Å²) in [6.45, 7) is 3.63. The maximum absolute atomic E-state index is 13.3. The zero-order chi connectivity index (χ0) is 25.4. The zero-order valence-electron chi connectivity index (χ0n) is 19.4. The van der Waals surface area contributed by atoms with Crippen molar-refractivity contribution in [1.82, 2.24) is 24.5 Å². The summed E-state index contributed by atoms with van der Waals surface area (Å²) in [4.78, 5) is 17.2. The third-order valence-electron chi connectivity index (χ3n) is 5.70. The molecule has 5 rings (SSSR count). The maximum atomic E-state index is 13.3. The molecule has 180 valence electrons. The van der Waals surface area contributed by atoms with Crippen LogP contribution in [0.2, 0.25) is 0 Å². The molecule has 36 heavy (non-hydrogen) atoms. The lowest BCUT2D eigenvalue weighted by Gasteiger charge is -2.13. The van der Waals surface area contributed by atoms with Crippen LogP contribution in [-0.2, 0) is 6.18 Å². The Morgan fingerprint density at radius 2 is 1.69 bits per heavy atom. The van der Waals surface area contributed by atoms with Crippen LogP contribution in [0, 0.1) is 13.8 Å². The topological polar surface area (TPSA) is 65.6 Å². The highest BCUT2D eigenvalue weighted by molar-refractivity contribution is 5.63. The van der Waals surface area contributed by atoms with Gasteiger partial charge in [-0.1, -0.05) is 18.2 Å². The quantitative estimate of drug-likeness (QED) is 0.322. The molecule has 0 saturated heterocycles. The van der Waals surface area contributed by atoms with Crippen molar-refractivity contribution in [3.8, 4) is 34.0 Å². The van der Waals surface area contributed by atoms with Crippen molar-refractivity contribution >= 4 is 0 Å². The number of pyridine rings is 1. The zero-order valence-corrected chi connectivity index (χ0v) is 19.4. The Bertz CT molecular complexity index is 1620. The fourth-order valence-electron chi connectivity index (χ4n) is 4.00. The lowest BCUT2D eigenvalue weighted by Crippen LogP contribution is -2.15. The van der Waals surface area contributed by atoms with Crippen LogP contribution in [0.25, 0.3) is 34.0 Å².